The first-order valence-corrected chi connectivity index (χ1v) is 10.6. The highest BCUT2D eigenvalue weighted by molar-refractivity contribution is 7.14. The molecule has 6 nitrogen and oxygen atoms in total. The largest absolute Gasteiger partial charge is 0.298 e. The Morgan fingerprint density at radius 3 is 2.41 bits per heavy atom. The molecule has 2 aromatic carbocycles. The SMILES string of the molecule is O=C(Nc1nc(-c2ccc(F)cn2)cs1)c1cn(-c2ccccc2)nc1-c1ccccc1. The average molecular weight is 441 g/mol. The summed E-state index contributed by atoms with van der Waals surface area (Å²) in [6, 6.07) is 22.0. The van der Waals surface area contributed by atoms with Gasteiger partial charge in [-0.05, 0) is 24.3 Å². The van der Waals surface area contributed by atoms with Gasteiger partial charge in [-0.2, -0.15) is 5.10 Å². The maximum atomic E-state index is 13.2. The molecule has 8 heteroatoms. The highest BCUT2D eigenvalue weighted by atomic mass is 32.1. The molecule has 3 heterocycles. The highest BCUT2D eigenvalue weighted by Gasteiger charge is 2.20. The molecule has 156 valence electrons. The van der Waals surface area contributed by atoms with Gasteiger partial charge in [-0.3, -0.25) is 15.1 Å². The van der Waals surface area contributed by atoms with Crippen LogP contribution in [-0.2, 0) is 0 Å². The van der Waals surface area contributed by atoms with Gasteiger partial charge in [0.2, 0.25) is 0 Å². The van der Waals surface area contributed by atoms with E-state index in [1.165, 1.54) is 17.4 Å². The Balaban J connectivity index is 1.47. The van der Waals surface area contributed by atoms with Gasteiger partial charge in [0.1, 0.15) is 17.2 Å². The number of hydrogen-bond acceptors (Lipinski definition) is 5. The standard InChI is InChI=1S/C24H16FN5OS/c25-17-11-12-20(26-13-17)21-15-32-24(27-21)28-23(31)19-14-30(18-9-5-2-6-10-18)29-22(19)16-7-3-1-4-8-16/h1-15H,(H,27,28,31). The molecule has 0 radical (unpaired) electrons. The van der Waals surface area contributed by atoms with Crippen molar-refractivity contribution in [1.29, 1.82) is 0 Å². The summed E-state index contributed by atoms with van der Waals surface area (Å²) in [5.41, 5.74) is 3.78. The summed E-state index contributed by atoms with van der Waals surface area (Å²) < 4.78 is 14.8. The molecule has 1 amide bonds. The van der Waals surface area contributed by atoms with Crippen LogP contribution in [0.2, 0.25) is 0 Å². The zero-order valence-corrected chi connectivity index (χ0v) is 17.5. The number of para-hydroxylation sites is 1. The minimum absolute atomic E-state index is 0.320. The van der Waals surface area contributed by atoms with E-state index in [1.807, 2.05) is 60.7 Å². The normalized spacial score (nSPS) is 10.8. The number of amides is 1. The summed E-state index contributed by atoms with van der Waals surface area (Å²) in [6.07, 6.45) is 2.85. The van der Waals surface area contributed by atoms with Crippen LogP contribution in [0.5, 0.6) is 0 Å². The molecule has 5 aromatic rings. The number of carbonyl (C=O) groups is 1. The first kappa shape index (κ1) is 19.8. The number of halogens is 1. The second-order valence-corrected chi connectivity index (χ2v) is 7.75. The van der Waals surface area contributed by atoms with Crippen LogP contribution in [0.3, 0.4) is 0 Å². The van der Waals surface area contributed by atoms with Gasteiger partial charge in [0.15, 0.2) is 5.13 Å². The summed E-state index contributed by atoms with van der Waals surface area (Å²) in [4.78, 5) is 21.6. The Bertz CT molecular complexity index is 1360. The quantitative estimate of drug-likeness (QED) is 0.394. The summed E-state index contributed by atoms with van der Waals surface area (Å²) in [5, 5.41) is 9.70. The number of anilines is 1. The fourth-order valence-electron chi connectivity index (χ4n) is 3.20. The fraction of sp³-hybridized carbons (Fsp3) is 0. The van der Waals surface area contributed by atoms with Gasteiger partial charge in [0, 0.05) is 17.1 Å². The molecule has 0 bridgehead atoms. The topological polar surface area (TPSA) is 72.7 Å². The molecular formula is C24H16FN5OS. The molecule has 0 saturated heterocycles. The molecule has 0 aliphatic rings. The molecule has 1 N–H and O–H groups in total. The van der Waals surface area contributed by atoms with Gasteiger partial charge in [0.25, 0.3) is 5.91 Å². The van der Waals surface area contributed by atoms with E-state index in [0.29, 0.717) is 27.8 Å². The molecule has 0 aliphatic heterocycles. The van der Waals surface area contributed by atoms with Gasteiger partial charge in [-0.25, -0.2) is 14.1 Å². The van der Waals surface area contributed by atoms with Crippen LogP contribution in [0.4, 0.5) is 9.52 Å². The van der Waals surface area contributed by atoms with E-state index in [0.717, 1.165) is 17.4 Å². The second kappa shape index (κ2) is 8.52. The number of benzene rings is 2. The minimum Gasteiger partial charge on any atom is -0.298 e. The van der Waals surface area contributed by atoms with E-state index < -0.39 is 5.82 Å². The van der Waals surface area contributed by atoms with Crippen LogP contribution in [0, 0.1) is 5.82 Å². The van der Waals surface area contributed by atoms with Gasteiger partial charge in [0.05, 0.1) is 23.1 Å². The number of nitrogens with zero attached hydrogens (tertiary/aromatic N) is 4. The smallest absolute Gasteiger partial charge is 0.261 e. The van der Waals surface area contributed by atoms with Crippen molar-refractivity contribution < 1.29 is 9.18 Å². The van der Waals surface area contributed by atoms with Crippen molar-refractivity contribution in [3.05, 3.63) is 102 Å². The lowest BCUT2D eigenvalue weighted by atomic mass is 10.1. The zero-order chi connectivity index (χ0) is 21.9. The maximum Gasteiger partial charge on any atom is 0.261 e. The van der Waals surface area contributed by atoms with Crippen molar-refractivity contribution in [2.75, 3.05) is 5.32 Å². The molecule has 3 aromatic heterocycles. The number of thiazole rings is 1. The maximum absolute atomic E-state index is 13.2. The third-order valence-corrected chi connectivity index (χ3v) is 5.50. The van der Waals surface area contributed by atoms with E-state index in [-0.39, 0.29) is 5.91 Å². The van der Waals surface area contributed by atoms with Gasteiger partial charge < -0.3 is 0 Å². The van der Waals surface area contributed by atoms with E-state index >= 15 is 0 Å². The van der Waals surface area contributed by atoms with Crippen LogP contribution >= 0.6 is 11.3 Å². The molecule has 0 saturated carbocycles. The molecule has 0 unspecified atom stereocenters. The Labute approximate surface area is 187 Å². The lowest BCUT2D eigenvalue weighted by Gasteiger charge is -2.02. The van der Waals surface area contributed by atoms with Crippen molar-refractivity contribution in [3.8, 4) is 28.3 Å². The van der Waals surface area contributed by atoms with Crippen LogP contribution < -0.4 is 5.32 Å². The van der Waals surface area contributed by atoms with E-state index in [9.17, 15) is 9.18 Å². The number of hydrogen-bond donors (Lipinski definition) is 1. The second-order valence-electron chi connectivity index (χ2n) is 6.89. The lowest BCUT2D eigenvalue weighted by Crippen LogP contribution is -2.12. The molecule has 0 fully saturated rings. The molecule has 0 spiro atoms. The van der Waals surface area contributed by atoms with E-state index in [4.69, 9.17) is 0 Å². The van der Waals surface area contributed by atoms with E-state index in [1.54, 1.807) is 22.3 Å². The Kier molecular flexibility index (Phi) is 5.27. The van der Waals surface area contributed by atoms with Crippen molar-refractivity contribution >= 4 is 22.4 Å². The fourth-order valence-corrected chi connectivity index (χ4v) is 3.90. The minimum atomic E-state index is -0.415. The van der Waals surface area contributed by atoms with Crippen molar-refractivity contribution in [3.63, 3.8) is 0 Å². The highest BCUT2D eigenvalue weighted by Crippen LogP contribution is 2.27. The molecular weight excluding hydrogens is 425 g/mol. The van der Waals surface area contributed by atoms with Crippen molar-refractivity contribution in [2.45, 2.75) is 0 Å². The van der Waals surface area contributed by atoms with E-state index in [2.05, 4.69) is 20.4 Å². The van der Waals surface area contributed by atoms with Crippen molar-refractivity contribution in [2.24, 2.45) is 0 Å². The number of rotatable bonds is 5. The molecule has 0 aliphatic carbocycles. The van der Waals surface area contributed by atoms with Crippen LogP contribution in [0.25, 0.3) is 28.3 Å². The first-order valence-electron chi connectivity index (χ1n) is 9.77. The lowest BCUT2D eigenvalue weighted by molar-refractivity contribution is 0.102. The van der Waals surface area contributed by atoms with Crippen LogP contribution in [0.1, 0.15) is 10.4 Å². The summed E-state index contributed by atoms with van der Waals surface area (Å²) >= 11 is 1.27. The predicted octanol–water partition coefficient (Wildman–Crippen LogP) is 5.45. The molecule has 5 rings (SSSR count). The van der Waals surface area contributed by atoms with Crippen LogP contribution in [0.15, 0.2) is 90.6 Å². The third kappa shape index (κ3) is 4.03. The Morgan fingerprint density at radius 2 is 1.69 bits per heavy atom. The van der Waals surface area contributed by atoms with Crippen molar-refractivity contribution in [1.82, 2.24) is 19.7 Å². The monoisotopic (exact) mass is 441 g/mol. The zero-order valence-electron chi connectivity index (χ0n) is 16.6. The summed E-state index contributed by atoms with van der Waals surface area (Å²) in [7, 11) is 0. The summed E-state index contributed by atoms with van der Waals surface area (Å²) in [5.74, 6) is -0.736. The van der Waals surface area contributed by atoms with Crippen LogP contribution in [-0.4, -0.2) is 25.7 Å². The number of carbonyl (C=O) groups excluding carboxylic acids is 1. The van der Waals surface area contributed by atoms with Gasteiger partial charge in [-0.15, -0.1) is 11.3 Å². The summed E-state index contributed by atoms with van der Waals surface area (Å²) in [6.45, 7) is 0. The third-order valence-electron chi connectivity index (χ3n) is 4.74. The van der Waals surface area contributed by atoms with Gasteiger partial charge >= 0.3 is 0 Å². The predicted molar refractivity (Wildman–Crippen MR) is 122 cm³/mol. The average Bonchev–Trinajstić information content (AvgIpc) is 3.48. The molecule has 0 atom stereocenters. The number of pyridine rings is 1. The Hall–Kier alpha value is -4.17. The first-order chi connectivity index (χ1) is 15.7. The molecule has 32 heavy (non-hydrogen) atoms. The number of nitrogens with one attached hydrogen (secondary N) is 1. The Morgan fingerprint density at radius 1 is 0.938 bits per heavy atom. The van der Waals surface area contributed by atoms with Gasteiger partial charge in [-0.1, -0.05) is 48.5 Å². The number of aromatic nitrogens is 4.